The fourth-order valence-electron chi connectivity index (χ4n) is 5.25. The first-order chi connectivity index (χ1) is 11.3. The molecule has 0 unspecified atom stereocenters. The summed E-state index contributed by atoms with van der Waals surface area (Å²) in [5.74, 6) is -1.03. The lowest BCUT2D eigenvalue weighted by Crippen LogP contribution is -2.46. The maximum absolute atomic E-state index is 14.9. The molecule has 1 aromatic rings. The molecule has 0 bridgehead atoms. The van der Waals surface area contributed by atoms with Gasteiger partial charge in [-0.3, -0.25) is 4.79 Å². The number of primary amides is 1. The van der Waals surface area contributed by atoms with Crippen LogP contribution in [-0.4, -0.2) is 5.91 Å². The summed E-state index contributed by atoms with van der Waals surface area (Å²) >= 11 is 12.7. The van der Waals surface area contributed by atoms with Crippen LogP contribution >= 0.6 is 23.2 Å². The van der Waals surface area contributed by atoms with Gasteiger partial charge in [-0.2, -0.15) is 0 Å². The molecule has 0 heterocycles. The number of carbonyl (C=O) groups is 1. The van der Waals surface area contributed by atoms with Crippen molar-refractivity contribution in [3.8, 4) is 0 Å². The van der Waals surface area contributed by atoms with E-state index in [0.29, 0.717) is 23.4 Å². The Labute approximate surface area is 152 Å². The maximum atomic E-state index is 14.9. The van der Waals surface area contributed by atoms with Gasteiger partial charge in [-0.1, -0.05) is 55.8 Å². The second-order valence-electron chi connectivity index (χ2n) is 7.78. The number of hydrogen-bond acceptors (Lipinski definition) is 1. The van der Waals surface area contributed by atoms with Crippen LogP contribution in [0.3, 0.4) is 0 Å². The molecule has 2 aliphatic rings. The van der Waals surface area contributed by atoms with Gasteiger partial charge >= 0.3 is 0 Å². The molecule has 0 aliphatic heterocycles. The van der Waals surface area contributed by atoms with Crippen LogP contribution in [-0.2, 0) is 4.79 Å². The van der Waals surface area contributed by atoms with Crippen molar-refractivity contribution < 1.29 is 9.18 Å². The standard InChI is InChI=1S/C19H24Cl2FNO/c1-18(8-2-3-9-18)16(19(17(23)24)10-4-5-11-19)14-13(22)7-6-12(20)15(14)21/h6-7,16H,2-5,8-11H2,1H3,(H2,23,24)/t16-/m0/s1. The smallest absolute Gasteiger partial charge is 0.224 e. The highest BCUT2D eigenvalue weighted by atomic mass is 35.5. The zero-order valence-corrected chi connectivity index (χ0v) is 15.5. The van der Waals surface area contributed by atoms with Gasteiger partial charge in [-0.05, 0) is 43.2 Å². The molecule has 2 aliphatic carbocycles. The summed E-state index contributed by atoms with van der Waals surface area (Å²) in [6.07, 6.45) is 7.35. The predicted octanol–water partition coefficient (Wildman–Crippen LogP) is 5.84. The maximum Gasteiger partial charge on any atom is 0.224 e. The minimum Gasteiger partial charge on any atom is -0.369 e. The van der Waals surface area contributed by atoms with Crippen molar-refractivity contribution in [2.24, 2.45) is 16.6 Å². The Balaban J connectivity index is 2.24. The Morgan fingerprint density at radius 3 is 2.21 bits per heavy atom. The monoisotopic (exact) mass is 371 g/mol. The van der Waals surface area contributed by atoms with Gasteiger partial charge in [0.15, 0.2) is 0 Å². The lowest BCUT2D eigenvalue weighted by Gasteiger charge is -2.45. The third kappa shape index (κ3) is 2.74. The molecule has 24 heavy (non-hydrogen) atoms. The highest BCUT2D eigenvalue weighted by molar-refractivity contribution is 6.42. The van der Waals surface area contributed by atoms with Gasteiger partial charge in [0.25, 0.3) is 0 Å². The van der Waals surface area contributed by atoms with E-state index >= 15 is 0 Å². The van der Waals surface area contributed by atoms with Gasteiger partial charge in [0.2, 0.25) is 5.91 Å². The molecule has 2 nitrogen and oxygen atoms in total. The predicted molar refractivity (Wildman–Crippen MR) is 95.8 cm³/mol. The van der Waals surface area contributed by atoms with Gasteiger partial charge in [0.05, 0.1) is 15.5 Å². The molecule has 0 spiro atoms. The fourth-order valence-corrected chi connectivity index (χ4v) is 5.68. The number of rotatable bonds is 4. The van der Waals surface area contributed by atoms with Crippen molar-refractivity contribution in [3.63, 3.8) is 0 Å². The topological polar surface area (TPSA) is 43.1 Å². The van der Waals surface area contributed by atoms with E-state index in [-0.39, 0.29) is 28.1 Å². The van der Waals surface area contributed by atoms with Crippen LogP contribution < -0.4 is 5.73 Å². The van der Waals surface area contributed by atoms with Crippen LogP contribution in [0.5, 0.6) is 0 Å². The zero-order valence-electron chi connectivity index (χ0n) is 14.0. The quantitative estimate of drug-likeness (QED) is 0.663. The van der Waals surface area contributed by atoms with Crippen molar-refractivity contribution in [2.45, 2.75) is 64.2 Å². The van der Waals surface area contributed by atoms with Gasteiger partial charge in [-0.15, -0.1) is 0 Å². The van der Waals surface area contributed by atoms with Crippen LogP contribution in [0.1, 0.15) is 69.8 Å². The zero-order chi connectivity index (χ0) is 17.5. The summed E-state index contributed by atoms with van der Waals surface area (Å²) in [4.78, 5) is 12.6. The number of halogens is 3. The normalized spacial score (nSPS) is 23.3. The first-order valence-corrected chi connectivity index (χ1v) is 9.51. The number of benzene rings is 1. The molecule has 132 valence electrons. The van der Waals surface area contributed by atoms with Crippen LogP contribution in [0.25, 0.3) is 0 Å². The largest absolute Gasteiger partial charge is 0.369 e. The third-order valence-electron chi connectivity index (χ3n) is 6.35. The van der Waals surface area contributed by atoms with E-state index in [4.69, 9.17) is 28.9 Å². The number of hydrogen-bond donors (Lipinski definition) is 1. The first-order valence-electron chi connectivity index (χ1n) is 8.75. The summed E-state index contributed by atoms with van der Waals surface area (Å²) in [7, 11) is 0. The molecule has 0 aromatic heterocycles. The Morgan fingerprint density at radius 2 is 1.67 bits per heavy atom. The van der Waals surface area contributed by atoms with Crippen LogP contribution in [0.15, 0.2) is 12.1 Å². The van der Waals surface area contributed by atoms with Crippen molar-refractivity contribution >= 4 is 29.1 Å². The molecular formula is C19H24Cl2FNO. The van der Waals surface area contributed by atoms with E-state index in [9.17, 15) is 9.18 Å². The highest BCUT2D eigenvalue weighted by Gasteiger charge is 2.55. The molecule has 1 amide bonds. The number of carbonyl (C=O) groups excluding carboxylic acids is 1. The lowest BCUT2D eigenvalue weighted by atomic mass is 9.57. The van der Waals surface area contributed by atoms with Gasteiger partial charge in [-0.25, -0.2) is 4.39 Å². The van der Waals surface area contributed by atoms with E-state index in [1.165, 1.54) is 12.1 Å². The van der Waals surface area contributed by atoms with Gasteiger partial charge in [0.1, 0.15) is 5.82 Å². The van der Waals surface area contributed by atoms with Crippen molar-refractivity contribution in [1.29, 1.82) is 0 Å². The van der Waals surface area contributed by atoms with E-state index < -0.39 is 5.41 Å². The molecule has 2 fully saturated rings. The van der Waals surface area contributed by atoms with Crippen molar-refractivity contribution in [3.05, 3.63) is 33.6 Å². The summed E-state index contributed by atoms with van der Waals surface area (Å²) in [5.41, 5.74) is 5.38. The molecule has 0 saturated heterocycles. The van der Waals surface area contributed by atoms with E-state index in [1.807, 2.05) is 0 Å². The minimum absolute atomic E-state index is 0.186. The number of amides is 1. The lowest BCUT2D eigenvalue weighted by molar-refractivity contribution is -0.131. The summed E-state index contributed by atoms with van der Waals surface area (Å²) < 4.78 is 14.9. The van der Waals surface area contributed by atoms with Crippen LogP contribution in [0.4, 0.5) is 4.39 Å². The molecule has 1 aromatic carbocycles. The Bertz CT molecular complexity index is 649. The van der Waals surface area contributed by atoms with Gasteiger partial charge < -0.3 is 5.73 Å². The highest BCUT2D eigenvalue weighted by Crippen LogP contribution is 2.62. The SMILES string of the molecule is CC1([C@H](c2c(F)ccc(Cl)c2Cl)C2(C(N)=O)CCCC2)CCCC1. The van der Waals surface area contributed by atoms with E-state index in [0.717, 1.165) is 38.5 Å². The van der Waals surface area contributed by atoms with E-state index in [1.54, 1.807) is 0 Å². The van der Waals surface area contributed by atoms with Crippen molar-refractivity contribution in [1.82, 2.24) is 0 Å². The molecule has 2 N–H and O–H groups in total. The fraction of sp³-hybridized carbons (Fsp3) is 0.632. The first kappa shape index (κ1) is 18.0. The average Bonchev–Trinajstić information content (AvgIpc) is 3.18. The molecule has 5 heteroatoms. The Morgan fingerprint density at radius 1 is 1.12 bits per heavy atom. The summed E-state index contributed by atoms with van der Waals surface area (Å²) in [5, 5.41) is 0.569. The second kappa shape index (κ2) is 6.49. The summed E-state index contributed by atoms with van der Waals surface area (Å²) in [6.45, 7) is 2.16. The minimum atomic E-state index is -0.728. The molecule has 2 saturated carbocycles. The average molecular weight is 372 g/mol. The molecule has 1 atom stereocenters. The number of nitrogens with two attached hydrogens (primary N) is 1. The molecule has 0 radical (unpaired) electrons. The van der Waals surface area contributed by atoms with Crippen LogP contribution in [0, 0.1) is 16.6 Å². The van der Waals surface area contributed by atoms with Gasteiger partial charge in [0, 0.05) is 11.5 Å². The third-order valence-corrected chi connectivity index (χ3v) is 7.17. The molecule has 3 rings (SSSR count). The van der Waals surface area contributed by atoms with E-state index in [2.05, 4.69) is 6.92 Å². The van der Waals surface area contributed by atoms with Crippen LogP contribution in [0.2, 0.25) is 10.0 Å². The van der Waals surface area contributed by atoms with Crippen molar-refractivity contribution in [2.75, 3.05) is 0 Å². The Hall–Kier alpha value is -0.800. The molecular weight excluding hydrogens is 348 g/mol. The Kier molecular flexibility index (Phi) is 4.87. The summed E-state index contributed by atoms with van der Waals surface area (Å²) in [6, 6.07) is 2.83. The second-order valence-corrected chi connectivity index (χ2v) is 8.56.